The highest BCUT2D eigenvalue weighted by Gasteiger charge is 2.21. The Morgan fingerprint density at radius 2 is 1.85 bits per heavy atom. The van der Waals surface area contributed by atoms with Crippen LogP contribution in [0.1, 0.15) is 45.2 Å². The molecular weight excluding hydrogens is 270 g/mol. The second-order valence-corrected chi connectivity index (χ2v) is 7.41. The van der Waals surface area contributed by atoms with Crippen molar-refractivity contribution in [2.45, 2.75) is 51.8 Å². The van der Waals surface area contributed by atoms with E-state index in [0.29, 0.717) is 6.04 Å². The molecule has 1 aliphatic heterocycles. The maximum Gasteiger partial charge on any atom is 0.124 e. The molecule has 0 aliphatic carbocycles. The first-order valence-electron chi connectivity index (χ1n) is 7.43. The van der Waals surface area contributed by atoms with Gasteiger partial charge in [-0.2, -0.15) is 0 Å². The van der Waals surface area contributed by atoms with Gasteiger partial charge in [-0.3, -0.25) is 4.21 Å². The van der Waals surface area contributed by atoms with Crippen molar-refractivity contribution < 1.29 is 8.95 Å². The van der Waals surface area contributed by atoms with Gasteiger partial charge in [-0.15, -0.1) is 0 Å². The highest BCUT2D eigenvalue weighted by atomic mass is 32.2. The van der Waals surface area contributed by atoms with Crippen LogP contribution in [0.3, 0.4) is 0 Å². The molecule has 1 atom stereocenters. The van der Waals surface area contributed by atoms with Crippen molar-refractivity contribution in [3.8, 4) is 5.75 Å². The quantitative estimate of drug-likeness (QED) is 0.907. The number of para-hydroxylation sites is 1. The summed E-state index contributed by atoms with van der Waals surface area (Å²) >= 11 is 0. The van der Waals surface area contributed by atoms with Gasteiger partial charge in [0.2, 0.25) is 0 Å². The van der Waals surface area contributed by atoms with E-state index < -0.39 is 10.8 Å². The van der Waals surface area contributed by atoms with E-state index in [1.165, 1.54) is 5.56 Å². The van der Waals surface area contributed by atoms with Gasteiger partial charge in [-0.25, -0.2) is 0 Å². The molecule has 0 radical (unpaired) electrons. The Labute approximate surface area is 124 Å². The lowest BCUT2D eigenvalue weighted by Gasteiger charge is -2.27. The van der Waals surface area contributed by atoms with Crippen molar-refractivity contribution in [3.63, 3.8) is 0 Å². The molecule has 1 fully saturated rings. The third-order valence-corrected chi connectivity index (χ3v) is 5.00. The third-order valence-electron chi connectivity index (χ3n) is 3.62. The highest BCUT2D eigenvalue weighted by Crippen LogP contribution is 2.27. The van der Waals surface area contributed by atoms with Crippen molar-refractivity contribution in [1.29, 1.82) is 0 Å². The van der Waals surface area contributed by atoms with E-state index in [1.54, 1.807) is 0 Å². The molecule has 1 N–H and O–H groups in total. The summed E-state index contributed by atoms with van der Waals surface area (Å²) in [6, 6.07) is 8.94. The Kier molecular flexibility index (Phi) is 5.61. The van der Waals surface area contributed by atoms with Gasteiger partial charge in [0.05, 0.1) is 6.10 Å². The average Bonchev–Trinajstić information content (AvgIpc) is 2.41. The van der Waals surface area contributed by atoms with Gasteiger partial charge in [0.15, 0.2) is 0 Å². The molecule has 1 aromatic rings. The van der Waals surface area contributed by atoms with Crippen molar-refractivity contribution in [3.05, 3.63) is 29.8 Å². The van der Waals surface area contributed by atoms with Crippen LogP contribution in [0.25, 0.3) is 0 Å². The fourth-order valence-corrected chi connectivity index (χ4v) is 3.90. The van der Waals surface area contributed by atoms with E-state index in [2.05, 4.69) is 24.4 Å². The zero-order chi connectivity index (χ0) is 14.5. The van der Waals surface area contributed by atoms with Gasteiger partial charge in [-0.05, 0) is 39.7 Å². The monoisotopic (exact) mass is 295 g/mol. The lowest BCUT2D eigenvalue weighted by atomic mass is 10.0. The van der Waals surface area contributed by atoms with Gasteiger partial charge in [0.25, 0.3) is 0 Å². The molecule has 20 heavy (non-hydrogen) atoms. The third kappa shape index (κ3) is 4.32. The second kappa shape index (κ2) is 7.23. The van der Waals surface area contributed by atoms with Crippen molar-refractivity contribution in [2.24, 2.45) is 0 Å². The molecule has 1 unspecified atom stereocenters. The molecule has 0 saturated carbocycles. The van der Waals surface area contributed by atoms with Gasteiger partial charge < -0.3 is 10.1 Å². The molecule has 1 heterocycles. The summed E-state index contributed by atoms with van der Waals surface area (Å²) in [6.07, 6.45) is 2.19. The minimum Gasteiger partial charge on any atom is -0.491 e. The lowest BCUT2D eigenvalue weighted by molar-refractivity contribution is 0.237. The Morgan fingerprint density at radius 1 is 1.20 bits per heavy atom. The molecule has 1 aliphatic rings. The number of ether oxygens (including phenoxy) is 1. The molecule has 0 aromatic heterocycles. The molecule has 2 rings (SSSR count). The predicted octanol–water partition coefficient (Wildman–Crippen LogP) is 3.04. The average molecular weight is 295 g/mol. The molecule has 3 nitrogen and oxygen atoms in total. The van der Waals surface area contributed by atoms with Crippen LogP contribution in [0.4, 0.5) is 0 Å². The van der Waals surface area contributed by atoms with Gasteiger partial charge in [-0.1, -0.05) is 18.2 Å². The highest BCUT2D eigenvalue weighted by molar-refractivity contribution is 7.85. The van der Waals surface area contributed by atoms with E-state index >= 15 is 0 Å². The molecular formula is C16H25NO2S. The standard InChI is InChI=1S/C16H25NO2S/c1-12(2)19-16-7-5-4-6-15(16)13(3)17-14-8-10-20(18)11-9-14/h4-7,12-14,17H,8-11H2,1-3H3. The normalized spacial score (nSPS) is 24.6. The SMILES string of the molecule is CC(C)Oc1ccccc1C(C)NC1CCS(=O)CC1. The largest absolute Gasteiger partial charge is 0.491 e. The van der Waals surface area contributed by atoms with E-state index in [-0.39, 0.29) is 12.1 Å². The van der Waals surface area contributed by atoms with E-state index in [9.17, 15) is 4.21 Å². The van der Waals surface area contributed by atoms with Crippen LogP contribution < -0.4 is 10.1 Å². The predicted molar refractivity (Wildman–Crippen MR) is 84.7 cm³/mol. The summed E-state index contributed by atoms with van der Waals surface area (Å²) in [6.45, 7) is 6.27. The molecule has 0 spiro atoms. The Hall–Kier alpha value is -0.870. The molecule has 4 heteroatoms. The summed E-state index contributed by atoms with van der Waals surface area (Å²) in [5.74, 6) is 2.62. The summed E-state index contributed by atoms with van der Waals surface area (Å²) < 4.78 is 17.3. The van der Waals surface area contributed by atoms with Gasteiger partial charge in [0, 0.05) is 40.0 Å². The number of rotatable bonds is 5. The Balaban J connectivity index is 2.01. The first-order valence-corrected chi connectivity index (χ1v) is 8.91. The number of nitrogens with one attached hydrogen (secondary N) is 1. The molecule has 0 amide bonds. The van der Waals surface area contributed by atoms with Gasteiger partial charge in [0.1, 0.15) is 5.75 Å². The van der Waals surface area contributed by atoms with Crippen LogP contribution >= 0.6 is 0 Å². The molecule has 0 bridgehead atoms. The summed E-state index contributed by atoms with van der Waals surface area (Å²) in [5.41, 5.74) is 1.20. The molecule has 112 valence electrons. The lowest BCUT2D eigenvalue weighted by Crippen LogP contribution is -2.37. The summed E-state index contributed by atoms with van der Waals surface area (Å²) in [7, 11) is -0.597. The van der Waals surface area contributed by atoms with Crippen LogP contribution in [-0.4, -0.2) is 27.9 Å². The fraction of sp³-hybridized carbons (Fsp3) is 0.625. The van der Waals surface area contributed by atoms with E-state index in [4.69, 9.17) is 4.74 Å². The number of hydrogen-bond acceptors (Lipinski definition) is 3. The Bertz CT molecular complexity index is 452. The summed E-state index contributed by atoms with van der Waals surface area (Å²) in [4.78, 5) is 0. The van der Waals surface area contributed by atoms with Crippen molar-refractivity contribution in [2.75, 3.05) is 11.5 Å². The van der Waals surface area contributed by atoms with E-state index in [0.717, 1.165) is 30.1 Å². The van der Waals surface area contributed by atoms with Crippen LogP contribution in [0.2, 0.25) is 0 Å². The summed E-state index contributed by atoms with van der Waals surface area (Å²) in [5, 5.41) is 3.65. The topological polar surface area (TPSA) is 38.3 Å². The maximum atomic E-state index is 11.4. The molecule has 1 saturated heterocycles. The van der Waals surface area contributed by atoms with E-state index in [1.807, 2.05) is 26.0 Å². The van der Waals surface area contributed by atoms with Crippen molar-refractivity contribution >= 4 is 10.8 Å². The zero-order valence-corrected chi connectivity index (χ0v) is 13.4. The minimum atomic E-state index is -0.597. The van der Waals surface area contributed by atoms with Crippen LogP contribution in [-0.2, 0) is 10.8 Å². The maximum absolute atomic E-state index is 11.4. The van der Waals surface area contributed by atoms with Crippen LogP contribution in [0.15, 0.2) is 24.3 Å². The van der Waals surface area contributed by atoms with Crippen molar-refractivity contribution in [1.82, 2.24) is 5.32 Å². The van der Waals surface area contributed by atoms with Gasteiger partial charge >= 0.3 is 0 Å². The number of benzene rings is 1. The first-order chi connectivity index (χ1) is 9.56. The first kappa shape index (κ1) is 15.5. The van der Waals surface area contributed by atoms with Crippen LogP contribution in [0, 0.1) is 0 Å². The van der Waals surface area contributed by atoms with Crippen LogP contribution in [0.5, 0.6) is 5.75 Å². The zero-order valence-electron chi connectivity index (χ0n) is 12.6. The minimum absolute atomic E-state index is 0.181. The fourth-order valence-electron chi connectivity index (χ4n) is 2.60. The molecule has 1 aromatic carbocycles. The Morgan fingerprint density at radius 3 is 2.50 bits per heavy atom. The number of hydrogen-bond donors (Lipinski definition) is 1. The smallest absolute Gasteiger partial charge is 0.124 e. The second-order valence-electron chi connectivity index (χ2n) is 5.72.